The number of carbonyl (C=O) groups is 1. The summed E-state index contributed by atoms with van der Waals surface area (Å²) in [7, 11) is 0. The van der Waals surface area contributed by atoms with Gasteiger partial charge < -0.3 is 14.1 Å². The summed E-state index contributed by atoms with van der Waals surface area (Å²) in [5.74, 6) is 0.119. The molecule has 19 heavy (non-hydrogen) atoms. The van der Waals surface area contributed by atoms with Crippen LogP contribution >= 0.6 is 15.9 Å². The number of fused-ring (bicyclic) bond motifs is 1. The Kier molecular flexibility index (Phi) is 2.87. The number of rotatable bonds is 3. The molecule has 0 bridgehead atoms. The van der Waals surface area contributed by atoms with Gasteiger partial charge in [0, 0.05) is 0 Å². The number of hydrogen-bond donors (Lipinski definition) is 1. The summed E-state index contributed by atoms with van der Waals surface area (Å²) in [6.07, 6.45) is 0. The van der Waals surface area contributed by atoms with Gasteiger partial charge in [0.05, 0.1) is 11.0 Å². The van der Waals surface area contributed by atoms with Crippen molar-refractivity contribution in [3.8, 4) is 11.6 Å². The predicted molar refractivity (Wildman–Crippen MR) is 72.8 cm³/mol. The second-order valence-corrected chi connectivity index (χ2v) is 4.79. The monoisotopic (exact) mass is 320 g/mol. The van der Waals surface area contributed by atoms with Gasteiger partial charge in [-0.3, -0.25) is 4.79 Å². The first-order valence-electron chi connectivity index (χ1n) is 5.58. The van der Waals surface area contributed by atoms with Gasteiger partial charge in [-0.15, -0.1) is 0 Å². The molecule has 0 amide bonds. The molecule has 3 aromatic rings. The molecule has 3 rings (SSSR count). The van der Waals surface area contributed by atoms with Crippen LogP contribution in [0.5, 0.6) is 0 Å². The number of hydrogen-bond acceptors (Lipinski definition) is 3. The standard InChI is InChI=1S/C13H9BrN2O3/c14-11-6-5-10(19-11)13-15-8-3-1-2-4-9(8)16(13)7-12(17)18/h1-6H,7H2,(H,17,18). The summed E-state index contributed by atoms with van der Waals surface area (Å²) in [6, 6.07) is 10.9. The number of para-hydroxylation sites is 2. The fraction of sp³-hybridized carbons (Fsp3) is 0.0769. The van der Waals surface area contributed by atoms with Crippen LogP contribution in [-0.2, 0) is 11.3 Å². The van der Waals surface area contributed by atoms with Crippen LogP contribution in [-0.4, -0.2) is 20.6 Å². The van der Waals surface area contributed by atoms with E-state index in [-0.39, 0.29) is 6.54 Å². The molecule has 0 aliphatic rings. The molecule has 0 aliphatic carbocycles. The van der Waals surface area contributed by atoms with Gasteiger partial charge in [-0.05, 0) is 40.2 Å². The third-order valence-electron chi connectivity index (χ3n) is 2.74. The van der Waals surface area contributed by atoms with E-state index >= 15 is 0 Å². The smallest absolute Gasteiger partial charge is 0.323 e. The zero-order valence-electron chi connectivity index (χ0n) is 9.71. The van der Waals surface area contributed by atoms with E-state index in [0.717, 1.165) is 11.0 Å². The highest BCUT2D eigenvalue weighted by molar-refractivity contribution is 9.10. The maximum Gasteiger partial charge on any atom is 0.323 e. The third kappa shape index (κ3) is 2.15. The highest BCUT2D eigenvalue weighted by Gasteiger charge is 2.16. The molecule has 96 valence electrons. The molecular formula is C13H9BrN2O3. The SMILES string of the molecule is O=C(O)Cn1c(-c2ccc(Br)o2)nc2ccccc21. The van der Waals surface area contributed by atoms with Crippen molar-refractivity contribution in [3.63, 3.8) is 0 Å². The minimum Gasteiger partial charge on any atom is -0.480 e. The van der Waals surface area contributed by atoms with Crippen LogP contribution in [0.4, 0.5) is 0 Å². The highest BCUT2D eigenvalue weighted by Crippen LogP contribution is 2.27. The average molecular weight is 321 g/mol. The lowest BCUT2D eigenvalue weighted by molar-refractivity contribution is -0.137. The second-order valence-electron chi connectivity index (χ2n) is 4.01. The van der Waals surface area contributed by atoms with Crippen molar-refractivity contribution in [2.24, 2.45) is 0 Å². The average Bonchev–Trinajstić information content (AvgIpc) is 2.94. The van der Waals surface area contributed by atoms with E-state index in [1.54, 1.807) is 16.7 Å². The quantitative estimate of drug-likeness (QED) is 0.805. The number of halogens is 1. The van der Waals surface area contributed by atoms with Crippen LogP contribution in [0.1, 0.15) is 0 Å². The van der Waals surface area contributed by atoms with Gasteiger partial charge in [0.15, 0.2) is 16.3 Å². The Morgan fingerprint density at radius 1 is 1.32 bits per heavy atom. The lowest BCUT2D eigenvalue weighted by Crippen LogP contribution is -2.09. The minimum absolute atomic E-state index is 0.159. The van der Waals surface area contributed by atoms with Gasteiger partial charge in [-0.1, -0.05) is 12.1 Å². The van der Waals surface area contributed by atoms with Crippen molar-refractivity contribution in [2.45, 2.75) is 6.54 Å². The Bertz CT molecular complexity index is 760. The number of benzene rings is 1. The zero-order chi connectivity index (χ0) is 13.4. The lowest BCUT2D eigenvalue weighted by Gasteiger charge is -2.03. The number of furan rings is 1. The van der Waals surface area contributed by atoms with E-state index < -0.39 is 5.97 Å². The molecule has 0 spiro atoms. The van der Waals surface area contributed by atoms with E-state index in [1.807, 2.05) is 24.3 Å². The van der Waals surface area contributed by atoms with Crippen LogP contribution in [0, 0.1) is 0 Å². The Balaban J connectivity index is 2.25. The van der Waals surface area contributed by atoms with Crippen molar-refractivity contribution < 1.29 is 14.3 Å². The molecule has 2 heterocycles. The summed E-state index contributed by atoms with van der Waals surface area (Å²) in [6.45, 7) is -0.159. The van der Waals surface area contributed by atoms with Gasteiger partial charge in [0.2, 0.25) is 0 Å². The highest BCUT2D eigenvalue weighted by atomic mass is 79.9. The first-order chi connectivity index (χ1) is 9.15. The Hall–Kier alpha value is -2.08. The lowest BCUT2D eigenvalue weighted by atomic mass is 10.3. The van der Waals surface area contributed by atoms with Gasteiger partial charge in [0.1, 0.15) is 6.54 Å². The zero-order valence-corrected chi connectivity index (χ0v) is 11.3. The van der Waals surface area contributed by atoms with E-state index in [1.165, 1.54) is 0 Å². The minimum atomic E-state index is -0.921. The maximum absolute atomic E-state index is 11.0. The third-order valence-corrected chi connectivity index (χ3v) is 3.17. The summed E-state index contributed by atoms with van der Waals surface area (Å²) in [5.41, 5.74) is 1.51. The number of carboxylic acids is 1. The number of imidazole rings is 1. The van der Waals surface area contributed by atoms with Crippen LogP contribution in [0.3, 0.4) is 0 Å². The topological polar surface area (TPSA) is 68.3 Å². The number of carboxylic acid groups (broad SMARTS) is 1. The van der Waals surface area contributed by atoms with Gasteiger partial charge in [-0.2, -0.15) is 0 Å². The summed E-state index contributed by atoms with van der Waals surface area (Å²) in [5, 5.41) is 9.03. The molecule has 1 aromatic carbocycles. The number of aromatic nitrogens is 2. The van der Waals surface area contributed by atoms with Crippen molar-refractivity contribution in [3.05, 3.63) is 41.1 Å². The van der Waals surface area contributed by atoms with Gasteiger partial charge in [-0.25, -0.2) is 4.98 Å². The molecule has 2 aromatic heterocycles. The van der Waals surface area contributed by atoms with Crippen LogP contribution in [0.2, 0.25) is 0 Å². The molecular weight excluding hydrogens is 312 g/mol. The van der Waals surface area contributed by atoms with Crippen LogP contribution < -0.4 is 0 Å². The van der Waals surface area contributed by atoms with Crippen molar-refractivity contribution in [1.82, 2.24) is 9.55 Å². The Labute approximate surface area is 116 Å². The van der Waals surface area contributed by atoms with Gasteiger partial charge in [0.25, 0.3) is 0 Å². The molecule has 5 nitrogen and oxygen atoms in total. The van der Waals surface area contributed by atoms with E-state index in [2.05, 4.69) is 20.9 Å². The van der Waals surface area contributed by atoms with Crippen molar-refractivity contribution >= 4 is 32.9 Å². The molecule has 0 unspecified atom stereocenters. The number of aliphatic carboxylic acids is 1. The summed E-state index contributed by atoms with van der Waals surface area (Å²) in [4.78, 5) is 15.4. The van der Waals surface area contributed by atoms with Gasteiger partial charge >= 0.3 is 5.97 Å². The largest absolute Gasteiger partial charge is 0.480 e. The normalized spacial score (nSPS) is 11.0. The molecule has 0 saturated carbocycles. The summed E-state index contributed by atoms with van der Waals surface area (Å²) >= 11 is 3.23. The second kappa shape index (κ2) is 4.55. The van der Waals surface area contributed by atoms with Crippen molar-refractivity contribution in [1.29, 1.82) is 0 Å². The van der Waals surface area contributed by atoms with Crippen molar-refractivity contribution in [2.75, 3.05) is 0 Å². The molecule has 0 radical (unpaired) electrons. The van der Waals surface area contributed by atoms with E-state index in [9.17, 15) is 4.79 Å². The molecule has 0 saturated heterocycles. The molecule has 0 atom stereocenters. The Morgan fingerprint density at radius 2 is 2.11 bits per heavy atom. The fourth-order valence-electron chi connectivity index (χ4n) is 1.99. The van der Waals surface area contributed by atoms with E-state index in [0.29, 0.717) is 16.3 Å². The first kappa shape index (κ1) is 12.0. The molecule has 6 heteroatoms. The molecule has 0 aliphatic heterocycles. The summed E-state index contributed by atoms with van der Waals surface area (Å²) < 4.78 is 7.67. The van der Waals surface area contributed by atoms with Crippen LogP contribution in [0.15, 0.2) is 45.5 Å². The maximum atomic E-state index is 11.0. The Morgan fingerprint density at radius 3 is 2.79 bits per heavy atom. The van der Waals surface area contributed by atoms with E-state index in [4.69, 9.17) is 9.52 Å². The fourth-order valence-corrected chi connectivity index (χ4v) is 2.30. The molecule has 0 fully saturated rings. The number of nitrogens with zero attached hydrogens (tertiary/aromatic N) is 2. The predicted octanol–water partition coefficient (Wildman–Crippen LogP) is 3.14. The molecule has 1 N–H and O–H groups in total. The van der Waals surface area contributed by atoms with Crippen LogP contribution in [0.25, 0.3) is 22.6 Å². The first-order valence-corrected chi connectivity index (χ1v) is 6.37.